The van der Waals surface area contributed by atoms with Crippen LogP contribution in [-0.2, 0) is 6.42 Å². The SMILES string of the molecule is CC.CC1NCCc2nccc(OC3CC4(C3)CN(c3ncnnc3Oc3ccc(F)cc3C(=O)N(C(C)C)C3CC(F)(F)C3)C4)c21. The fourth-order valence-electron chi connectivity index (χ4n) is 7.30. The van der Waals surface area contributed by atoms with E-state index in [4.69, 9.17) is 9.47 Å². The van der Waals surface area contributed by atoms with Crippen molar-refractivity contribution in [2.24, 2.45) is 5.41 Å². The highest BCUT2D eigenvalue weighted by atomic mass is 19.3. The average Bonchev–Trinajstić information content (AvgIpc) is 2.99. The number of benzene rings is 1. The number of aromatic nitrogens is 4. The zero-order valence-corrected chi connectivity index (χ0v) is 27.5. The summed E-state index contributed by atoms with van der Waals surface area (Å²) in [5.74, 6) is -2.54. The summed E-state index contributed by atoms with van der Waals surface area (Å²) in [7, 11) is 0. The van der Waals surface area contributed by atoms with Gasteiger partial charge in [0.2, 0.25) is 0 Å². The molecule has 1 saturated heterocycles. The Kier molecular flexibility index (Phi) is 9.03. The molecule has 1 aromatic carbocycles. The zero-order valence-electron chi connectivity index (χ0n) is 27.5. The molecule has 10 nitrogen and oxygen atoms in total. The number of pyridine rings is 1. The summed E-state index contributed by atoms with van der Waals surface area (Å²) in [5, 5.41) is 11.5. The van der Waals surface area contributed by atoms with Gasteiger partial charge in [0.15, 0.2) is 5.82 Å². The third-order valence-electron chi connectivity index (χ3n) is 9.45. The van der Waals surface area contributed by atoms with Crippen LogP contribution in [-0.4, -0.2) is 74.7 Å². The molecule has 3 fully saturated rings. The predicted octanol–water partition coefficient (Wildman–Crippen LogP) is 6.13. The minimum atomic E-state index is -2.81. The maximum atomic E-state index is 14.4. The van der Waals surface area contributed by atoms with Crippen LogP contribution in [0.4, 0.5) is 19.0 Å². The van der Waals surface area contributed by atoms with Gasteiger partial charge in [-0.2, -0.15) is 0 Å². The first kappa shape index (κ1) is 32.9. The van der Waals surface area contributed by atoms with E-state index < -0.39 is 36.5 Å². The average molecular weight is 654 g/mol. The van der Waals surface area contributed by atoms with Gasteiger partial charge in [-0.05, 0) is 57.9 Å². The second-order valence-corrected chi connectivity index (χ2v) is 13.2. The number of fused-ring (bicyclic) bond motifs is 1. The molecule has 1 spiro atoms. The molecule has 2 saturated carbocycles. The van der Waals surface area contributed by atoms with Crippen molar-refractivity contribution >= 4 is 11.7 Å². The molecule has 0 radical (unpaired) electrons. The highest BCUT2D eigenvalue weighted by molar-refractivity contribution is 5.97. The van der Waals surface area contributed by atoms with E-state index in [2.05, 4.69) is 32.4 Å². The summed E-state index contributed by atoms with van der Waals surface area (Å²) in [4.78, 5) is 26.0. The van der Waals surface area contributed by atoms with Gasteiger partial charge in [-0.25, -0.2) is 18.2 Å². The topological polar surface area (TPSA) is 106 Å². The predicted molar refractivity (Wildman–Crippen MR) is 170 cm³/mol. The van der Waals surface area contributed by atoms with Gasteiger partial charge >= 0.3 is 0 Å². The number of carbonyl (C=O) groups excluding carboxylic acids is 1. The lowest BCUT2D eigenvalue weighted by Gasteiger charge is -2.58. The minimum Gasteiger partial charge on any atom is -0.490 e. The van der Waals surface area contributed by atoms with Crippen LogP contribution in [0.25, 0.3) is 0 Å². The fraction of sp³-hybridized carbons (Fsp3) is 0.559. The molecule has 1 atom stereocenters. The third-order valence-corrected chi connectivity index (χ3v) is 9.45. The summed E-state index contributed by atoms with van der Waals surface area (Å²) in [6, 6.07) is 4.71. The number of hydrogen-bond acceptors (Lipinski definition) is 9. The number of nitrogens with zero attached hydrogens (tertiary/aromatic N) is 6. The van der Waals surface area contributed by atoms with Gasteiger partial charge in [-0.15, -0.1) is 10.2 Å². The Morgan fingerprint density at radius 3 is 2.53 bits per heavy atom. The highest BCUT2D eigenvalue weighted by Crippen LogP contribution is 2.52. The molecule has 1 amide bonds. The Labute approximate surface area is 273 Å². The molecule has 4 aliphatic rings. The normalized spacial score (nSPS) is 21.0. The number of halogens is 3. The number of hydrogen-bond donors (Lipinski definition) is 1. The Morgan fingerprint density at radius 2 is 1.83 bits per heavy atom. The standard InChI is InChI=1S/C32H36F3N7O3.C2H6/c1-18(2)42(21-11-32(34,35)12-21)30(43)23-10-20(33)4-5-25(23)45-29-28(38-17-39-40-29)41-15-31(16-41)13-22(14-31)44-26-7-9-37-24-6-8-36-19(3)27(24)26;1-2/h4-5,7,9-10,17-19,21-22,36H,6,8,11-16H2,1-3H3;1-2H3. The van der Waals surface area contributed by atoms with Gasteiger partial charge in [0, 0.05) is 74.2 Å². The van der Waals surface area contributed by atoms with Crippen LogP contribution in [0, 0.1) is 11.2 Å². The van der Waals surface area contributed by atoms with Crippen LogP contribution in [0.15, 0.2) is 36.8 Å². The number of carbonyl (C=O) groups is 1. The Morgan fingerprint density at radius 1 is 1.09 bits per heavy atom. The second-order valence-electron chi connectivity index (χ2n) is 13.2. The van der Waals surface area contributed by atoms with Crippen LogP contribution in [0.1, 0.15) is 88.0 Å². The molecular weight excluding hydrogens is 611 g/mol. The Bertz CT molecular complexity index is 1600. The van der Waals surface area contributed by atoms with Gasteiger partial charge in [-0.3, -0.25) is 9.78 Å². The van der Waals surface area contributed by atoms with Crippen molar-refractivity contribution in [1.29, 1.82) is 0 Å². The van der Waals surface area contributed by atoms with E-state index in [1.807, 2.05) is 31.0 Å². The fourth-order valence-corrected chi connectivity index (χ4v) is 7.30. The molecule has 4 heterocycles. The molecule has 47 heavy (non-hydrogen) atoms. The lowest BCUT2D eigenvalue weighted by atomic mass is 9.61. The molecule has 1 N–H and O–H groups in total. The summed E-state index contributed by atoms with van der Waals surface area (Å²) in [5.41, 5.74) is 2.26. The molecule has 7 rings (SSSR count). The molecule has 3 aromatic rings. The van der Waals surface area contributed by atoms with Crippen LogP contribution in [0.5, 0.6) is 17.4 Å². The summed E-state index contributed by atoms with van der Waals surface area (Å²) in [6.07, 6.45) is 5.10. The van der Waals surface area contributed by atoms with Crippen molar-refractivity contribution < 1.29 is 27.4 Å². The smallest absolute Gasteiger partial charge is 0.282 e. The molecule has 2 aromatic heterocycles. The van der Waals surface area contributed by atoms with E-state index in [9.17, 15) is 18.0 Å². The molecule has 2 aliphatic heterocycles. The van der Waals surface area contributed by atoms with E-state index in [0.29, 0.717) is 5.82 Å². The van der Waals surface area contributed by atoms with Crippen molar-refractivity contribution in [2.45, 2.75) is 96.9 Å². The molecule has 252 valence electrons. The summed E-state index contributed by atoms with van der Waals surface area (Å²) < 4.78 is 54.3. The summed E-state index contributed by atoms with van der Waals surface area (Å²) in [6.45, 7) is 12.0. The van der Waals surface area contributed by atoms with Crippen molar-refractivity contribution in [2.75, 3.05) is 24.5 Å². The number of anilines is 1. The van der Waals surface area contributed by atoms with Crippen molar-refractivity contribution in [3.8, 4) is 17.4 Å². The van der Waals surface area contributed by atoms with Crippen LogP contribution in [0.3, 0.4) is 0 Å². The lowest BCUT2D eigenvalue weighted by molar-refractivity contribution is -0.120. The second kappa shape index (κ2) is 12.9. The first-order valence-corrected chi connectivity index (χ1v) is 16.5. The van der Waals surface area contributed by atoms with Crippen molar-refractivity contribution in [3.05, 3.63) is 59.4 Å². The first-order chi connectivity index (χ1) is 22.5. The van der Waals surface area contributed by atoms with E-state index in [0.717, 1.165) is 62.0 Å². The number of nitrogens with one attached hydrogen (secondary N) is 1. The monoisotopic (exact) mass is 653 g/mol. The molecule has 0 bridgehead atoms. The van der Waals surface area contributed by atoms with E-state index in [1.54, 1.807) is 13.8 Å². The number of alkyl halides is 2. The van der Waals surface area contributed by atoms with Crippen LogP contribution in [0.2, 0.25) is 0 Å². The maximum absolute atomic E-state index is 14.4. The van der Waals surface area contributed by atoms with Gasteiger partial charge in [-0.1, -0.05) is 13.8 Å². The quantitative estimate of drug-likeness (QED) is 0.308. The van der Waals surface area contributed by atoms with E-state index >= 15 is 0 Å². The van der Waals surface area contributed by atoms with Crippen molar-refractivity contribution in [1.82, 2.24) is 30.4 Å². The Balaban J connectivity index is 0.00000190. The molecule has 13 heteroatoms. The van der Waals surface area contributed by atoms with Gasteiger partial charge < -0.3 is 24.6 Å². The van der Waals surface area contributed by atoms with E-state index in [1.165, 1.54) is 23.4 Å². The number of rotatable bonds is 8. The van der Waals surface area contributed by atoms with Crippen LogP contribution < -0.4 is 19.7 Å². The van der Waals surface area contributed by atoms with E-state index in [-0.39, 0.29) is 40.8 Å². The minimum absolute atomic E-state index is 0.0541. The van der Waals surface area contributed by atoms with Crippen molar-refractivity contribution in [3.63, 3.8) is 0 Å². The lowest BCUT2D eigenvalue weighted by Crippen LogP contribution is -2.65. The number of ether oxygens (including phenoxy) is 2. The summed E-state index contributed by atoms with van der Waals surface area (Å²) >= 11 is 0. The number of amides is 1. The molecule has 2 aliphatic carbocycles. The van der Waals surface area contributed by atoms with Gasteiger partial charge in [0.05, 0.1) is 11.3 Å². The Hall–Kier alpha value is -4.00. The zero-order chi connectivity index (χ0) is 33.5. The third kappa shape index (κ3) is 6.46. The maximum Gasteiger partial charge on any atom is 0.282 e. The molecular formula is C34H42F3N7O3. The first-order valence-electron chi connectivity index (χ1n) is 16.5. The van der Waals surface area contributed by atoms with Crippen LogP contribution >= 0.6 is 0 Å². The highest BCUT2D eigenvalue weighted by Gasteiger charge is 2.55. The largest absolute Gasteiger partial charge is 0.490 e. The van der Waals surface area contributed by atoms with Gasteiger partial charge in [0.25, 0.3) is 17.7 Å². The molecule has 1 unspecified atom stereocenters. The van der Waals surface area contributed by atoms with Gasteiger partial charge in [0.1, 0.15) is 29.7 Å².